The lowest BCUT2D eigenvalue weighted by Gasteiger charge is -2.21. The third-order valence-electron chi connectivity index (χ3n) is 3.55. The largest absolute Gasteiger partial charge is 0.277 e. The Balaban J connectivity index is 2.61. The first-order chi connectivity index (χ1) is 11.1. The highest BCUT2D eigenvalue weighted by Gasteiger charge is 2.34. The molecule has 0 atom stereocenters. The smallest absolute Gasteiger partial charge is 0.200 e. The lowest BCUT2D eigenvalue weighted by molar-refractivity contribution is 0.537. The van der Waals surface area contributed by atoms with Crippen molar-refractivity contribution in [2.45, 2.75) is 30.6 Å². The van der Waals surface area contributed by atoms with Crippen LogP contribution in [0.25, 0.3) is 0 Å². The minimum Gasteiger partial charge on any atom is -0.200 e. The summed E-state index contributed by atoms with van der Waals surface area (Å²) >= 11 is 0. The summed E-state index contributed by atoms with van der Waals surface area (Å²) in [7, 11) is -8.56. The predicted molar refractivity (Wildman–Crippen MR) is 93.5 cm³/mol. The van der Waals surface area contributed by atoms with Crippen LogP contribution in [0, 0.1) is 20.8 Å². The summed E-state index contributed by atoms with van der Waals surface area (Å²) in [5.41, 5.74) is 2.23. The molecule has 0 aliphatic rings. The Kier molecular flexibility index (Phi) is 4.87. The minimum atomic E-state index is -4.29. The molecule has 0 bridgehead atoms. The summed E-state index contributed by atoms with van der Waals surface area (Å²) in [5, 5.41) is 0. The van der Waals surface area contributed by atoms with Crippen LogP contribution in [0.15, 0.2) is 65.0 Å². The Bertz CT molecular complexity index is 976. The van der Waals surface area contributed by atoms with Gasteiger partial charge in [-0.25, -0.2) is 16.8 Å². The van der Waals surface area contributed by atoms with Gasteiger partial charge < -0.3 is 0 Å². The van der Waals surface area contributed by atoms with Crippen LogP contribution < -0.4 is 0 Å². The van der Waals surface area contributed by atoms with Crippen molar-refractivity contribution < 1.29 is 16.8 Å². The van der Waals surface area contributed by atoms with Crippen molar-refractivity contribution in [3.63, 3.8) is 0 Å². The molecule has 0 saturated heterocycles. The maximum Gasteiger partial charge on any atom is 0.277 e. The van der Waals surface area contributed by atoms with Crippen LogP contribution in [0.3, 0.4) is 0 Å². The molecule has 0 saturated carbocycles. The van der Waals surface area contributed by atoms with E-state index in [0.29, 0.717) is 9.27 Å². The Hall–Kier alpha value is -2.12. The van der Waals surface area contributed by atoms with Crippen molar-refractivity contribution in [2.75, 3.05) is 0 Å². The molecule has 24 heavy (non-hydrogen) atoms. The topological polar surface area (TPSA) is 71.5 Å². The van der Waals surface area contributed by atoms with E-state index in [9.17, 15) is 16.8 Å². The van der Waals surface area contributed by atoms with E-state index in [1.54, 1.807) is 31.2 Å². The minimum absolute atomic E-state index is 0.0660. The average molecular weight is 365 g/mol. The van der Waals surface area contributed by atoms with Crippen LogP contribution in [0.5, 0.6) is 0 Å². The van der Waals surface area contributed by atoms with Gasteiger partial charge in [-0.15, -0.1) is 0 Å². The zero-order chi connectivity index (χ0) is 18.1. The molecule has 0 aromatic heterocycles. The van der Waals surface area contributed by atoms with Crippen LogP contribution >= 0.6 is 0 Å². The standard InChI is InChI=1S/C17H19NO4S2/c1-5-18(23(19,20)16-9-6-13(2)7-10-16)24(21,22)17-11-8-14(3)12-15(17)4/h5-12H,1H2,2-4H3. The van der Waals surface area contributed by atoms with E-state index in [1.165, 1.54) is 18.2 Å². The molecule has 0 aliphatic carbocycles. The molecule has 0 heterocycles. The molecule has 128 valence electrons. The molecule has 7 heteroatoms. The van der Waals surface area contributed by atoms with Gasteiger partial charge in [0.2, 0.25) is 0 Å². The number of aryl methyl sites for hydroxylation is 3. The van der Waals surface area contributed by atoms with Gasteiger partial charge in [-0.05, 0) is 44.5 Å². The van der Waals surface area contributed by atoms with E-state index in [4.69, 9.17) is 0 Å². The molecule has 0 unspecified atom stereocenters. The van der Waals surface area contributed by atoms with Gasteiger partial charge in [-0.3, -0.25) is 0 Å². The maximum absolute atomic E-state index is 12.9. The van der Waals surface area contributed by atoms with Gasteiger partial charge >= 0.3 is 0 Å². The van der Waals surface area contributed by atoms with Gasteiger partial charge in [-0.1, -0.05) is 42.0 Å². The number of hydrogen-bond acceptors (Lipinski definition) is 4. The summed E-state index contributed by atoms with van der Waals surface area (Å²) in [6.45, 7) is 8.65. The Morgan fingerprint density at radius 3 is 1.88 bits per heavy atom. The number of sulfonamides is 2. The highest BCUT2D eigenvalue weighted by atomic mass is 32.3. The average Bonchev–Trinajstić information content (AvgIpc) is 2.47. The number of rotatable bonds is 5. The van der Waals surface area contributed by atoms with Crippen molar-refractivity contribution >= 4 is 20.0 Å². The van der Waals surface area contributed by atoms with Gasteiger partial charge in [-0.2, -0.15) is 3.71 Å². The quantitative estimate of drug-likeness (QED) is 0.816. The molecular formula is C17H19NO4S2. The van der Waals surface area contributed by atoms with Crippen LogP contribution in [-0.2, 0) is 20.0 Å². The van der Waals surface area contributed by atoms with E-state index in [-0.39, 0.29) is 9.79 Å². The zero-order valence-electron chi connectivity index (χ0n) is 13.7. The van der Waals surface area contributed by atoms with E-state index in [0.717, 1.165) is 17.3 Å². The molecule has 0 aliphatic heterocycles. The number of benzene rings is 2. The summed E-state index contributed by atoms with van der Waals surface area (Å²) < 4.78 is 51.5. The van der Waals surface area contributed by atoms with Gasteiger partial charge in [0.15, 0.2) is 0 Å². The zero-order valence-corrected chi connectivity index (χ0v) is 15.4. The third-order valence-corrected chi connectivity index (χ3v) is 7.86. The molecule has 0 fully saturated rings. The second-order valence-corrected chi connectivity index (χ2v) is 9.33. The maximum atomic E-state index is 12.9. The van der Waals surface area contributed by atoms with Gasteiger partial charge in [0.1, 0.15) is 0 Å². The van der Waals surface area contributed by atoms with Crippen LogP contribution in [0.1, 0.15) is 16.7 Å². The fourth-order valence-corrected chi connectivity index (χ4v) is 5.84. The Morgan fingerprint density at radius 2 is 1.38 bits per heavy atom. The normalized spacial score (nSPS) is 12.0. The van der Waals surface area contributed by atoms with Crippen LogP contribution in [0.2, 0.25) is 0 Å². The lowest BCUT2D eigenvalue weighted by Crippen LogP contribution is -2.32. The summed E-state index contributed by atoms with van der Waals surface area (Å²) in [6.07, 6.45) is 0.809. The molecule has 0 N–H and O–H groups in total. The van der Waals surface area contributed by atoms with Crippen molar-refractivity contribution in [1.82, 2.24) is 3.71 Å². The summed E-state index contributed by atoms with van der Waals surface area (Å²) in [5.74, 6) is 0. The first kappa shape index (κ1) is 18.2. The first-order valence-corrected chi connectivity index (χ1v) is 10.0. The lowest BCUT2D eigenvalue weighted by atomic mass is 10.2. The van der Waals surface area contributed by atoms with Gasteiger partial charge in [0.25, 0.3) is 20.0 Å². The molecule has 5 nitrogen and oxygen atoms in total. The second-order valence-electron chi connectivity index (χ2n) is 5.50. The third kappa shape index (κ3) is 3.22. The Morgan fingerprint density at radius 1 is 0.833 bits per heavy atom. The first-order valence-electron chi connectivity index (χ1n) is 7.17. The van der Waals surface area contributed by atoms with Crippen LogP contribution in [-0.4, -0.2) is 20.5 Å². The molecular weight excluding hydrogens is 346 g/mol. The molecule has 2 aromatic carbocycles. The van der Waals surface area contributed by atoms with E-state index in [2.05, 4.69) is 6.58 Å². The predicted octanol–water partition coefficient (Wildman–Crippen LogP) is 3.13. The SMILES string of the molecule is C=CN(S(=O)(=O)c1ccc(C)cc1)S(=O)(=O)c1ccc(C)cc1C. The molecule has 0 spiro atoms. The van der Waals surface area contributed by atoms with E-state index < -0.39 is 20.0 Å². The van der Waals surface area contributed by atoms with E-state index >= 15 is 0 Å². The number of hydrogen-bond donors (Lipinski definition) is 0. The summed E-state index contributed by atoms with van der Waals surface area (Å²) in [4.78, 5) is -0.176. The second kappa shape index (κ2) is 6.41. The summed E-state index contributed by atoms with van der Waals surface area (Å²) in [6, 6.07) is 10.7. The van der Waals surface area contributed by atoms with Crippen LogP contribution in [0.4, 0.5) is 0 Å². The van der Waals surface area contributed by atoms with Crippen molar-refractivity contribution in [3.8, 4) is 0 Å². The molecule has 2 rings (SSSR count). The van der Waals surface area contributed by atoms with Crippen molar-refractivity contribution in [1.29, 1.82) is 0 Å². The number of nitrogens with zero attached hydrogens (tertiary/aromatic N) is 1. The van der Waals surface area contributed by atoms with E-state index in [1.807, 2.05) is 13.8 Å². The highest BCUT2D eigenvalue weighted by molar-refractivity contribution is 8.04. The fraction of sp³-hybridized carbons (Fsp3) is 0.176. The molecule has 0 radical (unpaired) electrons. The highest BCUT2D eigenvalue weighted by Crippen LogP contribution is 2.27. The molecule has 0 amide bonds. The van der Waals surface area contributed by atoms with Crippen molar-refractivity contribution in [3.05, 3.63) is 71.9 Å². The monoisotopic (exact) mass is 365 g/mol. The Labute approximate surface area is 143 Å². The van der Waals surface area contributed by atoms with Gasteiger partial charge in [0.05, 0.1) is 9.79 Å². The molecule has 2 aromatic rings. The van der Waals surface area contributed by atoms with Crippen molar-refractivity contribution in [2.24, 2.45) is 0 Å². The fourth-order valence-electron chi connectivity index (χ4n) is 2.33. The van der Waals surface area contributed by atoms with Gasteiger partial charge in [0, 0.05) is 6.20 Å².